The molecule has 0 fully saturated rings. The summed E-state index contributed by atoms with van der Waals surface area (Å²) in [5.41, 5.74) is 1.02. The van der Waals surface area contributed by atoms with Gasteiger partial charge in [-0.3, -0.25) is 0 Å². The van der Waals surface area contributed by atoms with Gasteiger partial charge >= 0.3 is 0 Å². The van der Waals surface area contributed by atoms with Gasteiger partial charge in [-0.05, 0) is 32.4 Å². The van der Waals surface area contributed by atoms with E-state index >= 15 is 0 Å². The van der Waals surface area contributed by atoms with Crippen molar-refractivity contribution in [2.24, 2.45) is 0 Å². The fourth-order valence-corrected chi connectivity index (χ4v) is 1.69. The third kappa shape index (κ3) is 3.71. The first kappa shape index (κ1) is 13.4. The van der Waals surface area contributed by atoms with Crippen LogP contribution in [0.1, 0.15) is 30.4 Å². The molecule has 0 bridgehead atoms. The Morgan fingerprint density at radius 3 is 2.74 bits per heavy atom. The van der Waals surface area contributed by atoms with Crippen LogP contribution in [0.4, 0.5) is 11.8 Å². The summed E-state index contributed by atoms with van der Waals surface area (Å²) in [6, 6.07) is 3.92. The fourth-order valence-electron chi connectivity index (χ4n) is 1.69. The van der Waals surface area contributed by atoms with E-state index in [1.165, 1.54) is 0 Å². The molecule has 0 spiro atoms. The average Bonchev–Trinajstić information content (AvgIpc) is 2.82. The van der Waals surface area contributed by atoms with Crippen LogP contribution in [0.25, 0.3) is 0 Å². The van der Waals surface area contributed by atoms with Gasteiger partial charge in [0.2, 0.25) is 5.95 Å². The average molecular weight is 260 g/mol. The summed E-state index contributed by atoms with van der Waals surface area (Å²) in [6.45, 7) is 7.53. The maximum atomic E-state index is 5.52. The van der Waals surface area contributed by atoms with E-state index in [9.17, 15) is 0 Å². The Morgan fingerprint density at radius 2 is 2.05 bits per heavy atom. The number of nitrogens with one attached hydrogen (secondary N) is 2. The van der Waals surface area contributed by atoms with Gasteiger partial charge in [0.25, 0.3) is 0 Å². The van der Waals surface area contributed by atoms with E-state index in [1.807, 2.05) is 32.2 Å². The molecule has 2 aromatic heterocycles. The molecule has 2 heterocycles. The van der Waals surface area contributed by atoms with Crippen molar-refractivity contribution in [1.29, 1.82) is 0 Å². The van der Waals surface area contributed by atoms with Crippen molar-refractivity contribution in [3.63, 3.8) is 0 Å². The molecule has 2 rings (SSSR count). The molecule has 102 valence electrons. The second-order valence-corrected chi connectivity index (χ2v) is 4.52. The van der Waals surface area contributed by atoms with Crippen LogP contribution in [0.2, 0.25) is 0 Å². The standard InChI is InChI=1S/C14H20N4O/c1-4-7-15-14-17-8-10(2)13(18-14)16-9-12-6-5-11(3)19-12/h5-6,8H,4,7,9H2,1-3H3,(H2,15,16,17,18). The summed E-state index contributed by atoms with van der Waals surface area (Å²) in [5.74, 6) is 3.31. The van der Waals surface area contributed by atoms with E-state index in [0.29, 0.717) is 12.5 Å². The van der Waals surface area contributed by atoms with Crippen molar-refractivity contribution in [3.8, 4) is 0 Å². The van der Waals surface area contributed by atoms with Crippen molar-refractivity contribution < 1.29 is 4.42 Å². The van der Waals surface area contributed by atoms with Crippen molar-refractivity contribution >= 4 is 11.8 Å². The maximum absolute atomic E-state index is 5.52. The number of hydrogen-bond donors (Lipinski definition) is 2. The number of aryl methyl sites for hydroxylation is 2. The summed E-state index contributed by atoms with van der Waals surface area (Å²) in [4.78, 5) is 8.71. The van der Waals surface area contributed by atoms with Gasteiger partial charge in [0.1, 0.15) is 17.3 Å². The summed E-state index contributed by atoms with van der Waals surface area (Å²) >= 11 is 0. The first-order valence-electron chi connectivity index (χ1n) is 6.55. The van der Waals surface area contributed by atoms with Crippen LogP contribution in [0, 0.1) is 13.8 Å². The second kappa shape index (κ2) is 6.22. The predicted molar refractivity (Wildman–Crippen MR) is 76.3 cm³/mol. The largest absolute Gasteiger partial charge is 0.465 e. The minimum atomic E-state index is 0.624. The molecule has 0 atom stereocenters. The van der Waals surface area contributed by atoms with Crippen LogP contribution in [0.5, 0.6) is 0 Å². The molecule has 5 nitrogen and oxygen atoms in total. The smallest absolute Gasteiger partial charge is 0.224 e. The van der Waals surface area contributed by atoms with Crippen LogP contribution in [0.15, 0.2) is 22.7 Å². The number of aromatic nitrogens is 2. The summed E-state index contributed by atoms with van der Waals surface area (Å²) in [5, 5.41) is 6.45. The molecule has 2 aromatic rings. The zero-order valence-corrected chi connectivity index (χ0v) is 11.7. The minimum absolute atomic E-state index is 0.624. The van der Waals surface area contributed by atoms with Crippen LogP contribution in [-0.2, 0) is 6.54 Å². The molecule has 0 saturated heterocycles. The molecule has 0 aromatic carbocycles. The third-order valence-corrected chi connectivity index (χ3v) is 2.73. The molecular weight excluding hydrogens is 240 g/mol. The molecule has 0 aliphatic rings. The van der Waals surface area contributed by atoms with E-state index in [-0.39, 0.29) is 0 Å². The van der Waals surface area contributed by atoms with Gasteiger partial charge in [-0.25, -0.2) is 4.98 Å². The molecule has 0 saturated carbocycles. The first-order valence-corrected chi connectivity index (χ1v) is 6.55. The number of furan rings is 1. The Kier molecular flexibility index (Phi) is 4.39. The lowest BCUT2D eigenvalue weighted by Gasteiger charge is -2.09. The Bertz CT molecular complexity index is 536. The molecular formula is C14H20N4O. The predicted octanol–water partition coefficient (Wildman–Crippen LogP) is 3.12. The van der Waals surface area contributed by atoms with Crippen molar-refractivity contribution in [2.75, 3.05) is 17.2 Å². The summed E-state index contributed by atoms with van der Waals surface area (Å²) < 4.78 is 5.52. The maximum Gasteiger partial charge on any atom is 0.224 e. The highest BCUT2D eigenvalue weighted by Crippen LogP contribution is 2.15. The van der Waals surface area contributed by atoms with E-state index in [4.69, 9.17) is 4.42 Å². The zero-order valence-electron chi connectivity index (χ0n) is 11.7. The van der Waals surface area contributed by atoms with Crippen molar-refractivity contribution in [1.82, 2.24) is 9.97 Å². The number of hydrogen-bond acceptors (Lipinski definition) is 5. The van der Waals surface area contributed by atoms with Crippen LogP contribution < -0.4 is 10.6 Å². The quantitative estimate of drug-likeness (QED) is 0.835. The van der Waals surface area contributed by atoms with Gasteiger partial charge < -0.3 is 15.1 Å². The molecule has 0 amide bonds. The summed E-state index contributed by atoms with van der Waals surface area (Å²) in [7, 11) is 0. The van der Waals surface area contributed by atoms with Gasteiger partial charge in [0.05, 0.1) is 6.54 Å². The highest BCUT2D eigenvalue weighted by Gasteiger charge is 2.04. The van der Waals surface area contributed by atoms with Gasteiger partial charge in [-0.2, -0.15) is 4.98 Å². The normalized spacial score (nSPS) is 10.5. The molecule has 0 aliphatic carbocycles. The Morgan fingerprint density at radius 1 is 1.21 bits per heavy atom. The van der Waals surface area contributed by atoms with Crippen molar-refractivity contribution in [2.45, 2.75) is 33.7 Å². The van der Waals surface area contributed by atoms with Gasteiger partial charge in [0.15, 0.2) is 0 Å². The fraction of sp³-hybridized carbons (Fsp3) is 0.429. The summed E-state index contributed by atoms with van der Waals surface area (Å²) in [6.07, 6.45) is 2.87. The van der Waals surface area contributed by atoms with Crippen LogP contribution in [-0.4, -0.2) is 16.5 Å². The molecule has 5 heteroatoms. The van der Waals surface area contributed by atoms with Gasteiger partial charge in [0, 0.05) is 18.3 Å². The lowest BCUT2D eigenvalue weighted by Crippen LogP contribution is -2.08. The number of anilines is 2. The van der Waals surface area contributed by atoms with Crippen LogP contribution >= 0.6 is 0 Å². The number of nitrogens with zero attached hydrogens (tertiary/aromatic N) is 2. The highest BCUT2D eigenvalue weighted by atomic mass is 16.3. The lowest BCUT2D eigenvalue weighted by molar-refractivity contribution is 0.490. The molecule has 0 radical (unpaired) electrons. The Labute approximate surface area is 113 Å². The van der Waals surface area contributed by atoms with E-state index in [1.54, 1.807) is 0 Å². The van der Waals surface area contributed by atoms with E-state index in [2.05, 4.69) is 27.5 Å². The third-order valence-electron chi connectivity index (χ3n) is 2.73. The molecule has 19 heavy (non-hydrogen) atoms. The second-order valence-electron chi connectivity index (χ2n) is 4.52. The molecule has 2 N–H and O–H groups in total. The van der Waals surface area contributed by atoms with Crippen LogP contribution in [0.3, 0.4) is 0 Å². The monoisotopic (exact) mass is 260 g/mol. The lowest BCUT2D eigenvalue weighted by atomic mass is 10.3. The topological polar surface area (TPSA) is 63.0 Å². The zero-order chi connectivity index (χ0) is 13.7. The van der Waals surface area contributed by atoms with Gasteiger partial charge in [-0.15, -0.1) is 0 Å². The molecule has 0 unspecified atom stereocenters. The SMILES string of the molecule is CCCNc1ncc(C)c(NCc2ccc(C)o2)n1. The molecule has 0 aliphatic heterocycles. The first-order chi connectivity index (χ1) is 9.19. The van der Waals surface area contributed by atoms with E-state index in [0.717, 1.165) is 35.9 Å². The highest BCUT2D eigenvalue weighted by molar-refractivity contribution is 5.46. The number of rotatable bonds is 6. The Balaban J connectivity index is 2.02. The minimum Gasteiger partial charge on any atom is -0.465 e. The van der Waals surface area contributed by atoms with Gasteiger partial charge in [-0.1, -0.05) is 6.92 Å². The Hall–Kier alpha value is -2.04. The van der Waals surface area contributed by atoms with E-state index < -0.39 is 0 Å². The van der Waals surface area contributed by atoms with Crippen molar-refractivity contribution in [3.05, 3.63) is 35.4 Å².